The standard InChI is InChI=1S/C16H15O4S/c1-17-12-8-10(9-13(18-2)15(12)19-3)16-20-11-6-4-5-7-14(11)21-16/h4-9H,1-3H3/q+1. The summed E-state index contributed by atoms with van der Waals surface area (Å²) in [4.78, 5) is 0. The van der Waals surface area contributed by atoms with E-state index in [9.17, 15) is 0 Å². The zero-order chi connectivity index (χ0) is 14.8. The fourth-order valence-corrected chi connectivity index (χ4v) is 3.08. The van der Waals surface area contributed by atoms with Gasteiger partial charge in [-0.25, -0.2) is 0 Å². The van der Waals surface area contributed by atoms with Gasteiger partial charge < -0.3 is 14.2 Å². The van der Waals surface area contributed by atoms with Crippen molar-refractivity contribution in [2.75, 3.05) is 21.3 Å². The van der Waals surface area contributed by atoms with Crippen LogP contribution >= 0.6 is 11.3 Å². The van der Waals surface area contributed by atoms with Crippen LogP contribution in [0.25, 0.3) is 20.9 Å². The van der Waals surface area contributed by atoms with Crippen LogP contribution < -0.4 is 14.2 Å². The molecule has 1 heterocycles. The van der Waals surface area contributed by atoms with E-state index in [0.29, 0.717) is 17.2 Å². The van der Waals surface area contributed by atoms with Gasteiger partial charge in [-0.05, 0) is 17.4 Å². The first-order valence-electron chi connectivity index (χ1n) is 6.39. The lowest BCUT2D eigenvalue weighted by Crippen LogP contribution is -1.95. The van der Waals surface area contributed by atoms with Crippen molar-refractivity contribution in [2.24, 2.45) is 0 Å². The summed E-state index contributed by atoms with van der Waals surface area (Å²) in [7, 11) is 4.79. The van der Waals surface area contributed by atoms with Gasteiger partial charge in [-0.3, -0.25) is 0 Å². The van der Waals surface area contributed by atoms with E-state index >= 15 is 0 Å². The Hall–Kier alpha value is -2.27. The minimum absolute atomic E-state index is 0.574. The summed E-state index contributed by atoms with van der Waals surface area (Å²) in [6.45, 7) is 0. The lowest BCUT2D eigenvalue weighted by atomic mass is 10.2. The van der Waals surface area contributed by atoms with Crippen molar-refractivity contribution in [3.05, 3.63) is 36.4 Å². The summed E-state index contributed by atoms with van der Waals surface area (Å²) in [5.74, 6) is 1.80. The fraction of sp³-hybridized carbons (Fsp3) is 0.188. The van der Waals surface area contributed by atoms with Crippen molar-refractivity contribution in [3.8, 4) is 27.9 Å². The van der Waals surface area contributed by atoms with Crippen LogP contribution in [0.4, 0.5) is 0 Å². The molecular weight excluding hydrogens is 288 g/mol. The molecule has 3 aromatic rings. The molecule has 1 aromatic heterocycles. The molecule has 4 nitrogen and oxygen atoms in total. The van der Waals surface area contributed by atoms with E-state index in [-0.39, 0.29) is 0 Å². The molecule has 108 valence electrons. The third-order valence-corrected chi connectivity index (χ3v) is 4.22. The highest BCUT2D eigenvalue weighted by atomic mass is 32.1. The van der Waals surface area contributed by atoms with E-state index in [1.54, 1.807) is 32.7 Å². The van der Waals surface area contributed by atoms with E-state index in [4.69, 9.17) is 18.6 Å². The van der Waals surface area contributed by atoms with Gasteiger partial charge in [0.25, 0.3) is 0 Å². The molecular formula is C16H15O4S+. The molecule has 0 bridgehead atoms. The number of ether oxygens (including phenoxy) is 3. The largest absolute Gasteiger partial charge is 0.493 e. The number of hydrogen-bond donors (Lipinski definition) is 0. The molecule has 0 fully saturated rings. The number of rotatable bonds is 4. The molecule has 0 saturated carbocycles. The van der Waals surface area contributed by atoms with Crippen LogP contribution in [-0.4, -0.2) is 21.3 Å². The van der Waals surface area contributed by atoms with E-state index in [2.05, 4.69) is 0 Å². The van der Waals surface area contributed by atoms with Gasteiger partial charge in [0.05, 0.1) is 26.9 Å². The molecule has 5 heteroatoms. The van der Waals surface area contributed by atoms with Crippen molar-refractivity contribution in [3.63, 3.8) is 0 Å². The van der Waals surface area contributed by atoms with Crippen LogP contribution in [0.1, 0.15) is 0 Å². The summed E-state index contributed by atoms with van der Waals surface area (Å²) in [6, 6.07) is 11.7. The highest BCUT2D eigenvalue weighted by Crippen LogP contribution is 2.43. The number of para-hydroxylation sites is 1. The van der Waals surface area contributed by atoms with Crippen molar-refractivity contribution in [2.45, 2.75) is 0 Å². The van der Waals surface area contributed by atoms with Crippen LogP contribution in [0, 0.1) is 0 Å². The van der Waals surface area contributed by atoms with E-state index < -0.39 is 0 Å². The molecule has 3 rings (SSSR count). The molecule has 0 spiro atoms. The van der Waals surface area contributed by atoms with Crippen molar-refractivity contribution in [1.82, 2.24) is 0 Å². The summed E-state index contributed by atoms with van der Waals surface area (Å²) < 4.78 is 23.1. The Bertz CT molecular complexity index is 721. The van der Waals surface area contributed by atoms with Gasteiger partial charge in [0.1, 0.15) is 4.70 Å². The Morgan fingerprint density at radius 1 is 0.905 bits per heavy atom. The SMILES string of the molecule is COc1cc(-c2[o+]c3ccccc3s2)cc(OC)c1OC. The minimum Gasteiger partial charge on any atom is -0.493 e. The third kappa shape index (κ3) is 2.40. The zero-order valence-corrected chi connectivity index (χ0v) is 12.8. The van der Waals surface area contributed by atoms with Gasteiger partial charge in [-0.1, -0.05) is 12.1 Å². The molecule has 0 aliphatic carbocycles. The monoisotopic (exact) mass is 303 g/mol. The quantitative estimate of drug-likeness (QED) is 0.667. The topological polar surface area (TPSA) is 39.0 Å². The van der Waals surface area contributed by atoms with Crippen molar-refractivity contribution < 1.29 is 18.6 Å². The predicted molar refractivity (Wildman–Crippen MR) is 83.6 cm³/mol. The average molecular weight is 303 g/mol. The maximum absolute atomic E-state index is 5.89. The maximum atomic E-state index is 5.89. The van der Waals surface area contributed by atoms with Gasteiger partial charge >= 0.3 is 10.7 Å². The Morgan fingerprint density at radius 3 is 2.14 bits per heavy atom. The Morgan fingerprint density at radius 2 is 1.57 bits per heavy atom. The lowest BCUT2D eigenvalue weighted by Gasteiger charge is -2.11. The summed E-state index contributed by atoms with van der Waals surface area (Å²) >= 11 is 1.58. The van der Waals surface area contributed by atoms with Crippen LogP contribution in [0.2, 0.25) is 0 Å². The highest BCUT2D eigenvalue weighted by Gasteiger charge is 2.23. The van der Waals surface area contributed by atoms with Gasteiger partial charge in [0.2, 0.25) is 5.75 Å². The first kappa shape index (κ1) is 13.7. The summed E-state index contributed by atoms with van der Waals surface area (Å²) in [5.41, 5.74) is 1.76. The third-order valence-electron chi connectivity index (χ3n) is 3.15. The maximum Gasteiger partial charge on any atom is 0.418 e. The first-order chi connectivity index (χ1) is 10.3. The van der Waals surface area contributed by atoms with E-state index in [1.807, 2.05) is 36.4 Å². The minimum atomic E-state index is 0.574. The van der Waals surface area contributed by atoms with Crippen LogP contribution in [0.5, 0.6) is 17.2 Å². The molecule has 0 N–H and O–H groups in total. The normalized spacial score (nSPS) is 10.6. The fourth-order valence-electron chi connectivity index (χ4n) is 2.16. The van der Waals surface area contributed by atoms with Crippen LogP contribution in [0.3, 0.4) is 0 Å². The van der Waals surface area contributed by atoms with E-state index in [1.165, 1.54) is 0 Å². The molecule has 2 aromatic carbocycles. The number of fused-ring (bicyclic) bond motifs is 1. The van der Waals surface area contributed by atoms with Crippen LogP contribution in [-0.2, 0) is 0 Å². The average Bonchev–Trinajstić information content (AvgIpc) is 2.97. The zero-order valence-electron chi connectivity index (χ0n) is 12.0. The molecule has 0 aliphatic heterocycles. The molecule has 0 unspecified atom stereocenters. The molecule has 0 amide bonds. The second-order valence-electron chi connectivity index (χ2n) is 4.35. The van der Waals surface area contributed by atoms with E-state index in [0.717, 1.165) is 20.9 Å². The van der Waals surface area contributed by atoms with Crippen molar-refractivity contribution in [1.29, 1.82) is 0 Å². The molecule has 0 saturated heterocycles. The van der Waals surface area contributed by atoms with Gasteiger partial charge in [-0.2, -0.15) is 4.42 Å². The van der Waals surface area contributed by atoms with Gasteiger partial charge in [-0.15, -0.1) is 0 Å². The second-order valence-corrected chi connectivity index (χ2v) is 5.37. The molecule has 0 aliphatic rings. The molecule has 0 atom stereocenters. The number of methoxy groups -OCH3 is 3. The Kier molecular flexibility index (Phi) is 3.66. The summed E-state index contributed by atoms with van der Waals surface area (Å²) in [5, 5.41) is 0.801. The lowest BCUT2D eigenvalue weighted by molar-refractivity contribution is 0.324. The Labute approximate surface area is 126 Å². The molecule has 21 heavy (non-hydrogen) atoms. The second kappa shape index (κ2) is 5.61. The van der Waals surface area contributed by atoms with Gasteiger partial charge in [0.15, 0.2) is 11.5 Å². The van der Waals surface area contributed by atoms with Gasteiger partial charge in [0, 0.05) is 18.2 Å². The van der Waals surface area contributed by atoms with Crippen LogP contribution in [0.15, 0.2) is 40.8 Å². The number of benzene rings is 2. The highest BCUT2D eigenvalue weighted by molar-refractivity contribution is 7.21. The predicted octanol–water partition coefficient (Wildman–Crippen LogP) is 4.47. The van der Waals surface area contributed by atoms with Crippen molar-refractivity contribution >= 4 is 21.6 Å². The smallest absolute Gasteiger partial charge is 0.418 e. The summed E-state index contributed by atoms with van der Waals surface area (Å²) in [6.07, 6.45) is 0. The first-order valence-corrected chi connectivity index (χ1v) is 7.20. The number of hydrogen-bond acceptors (Lipinski definition) is 4. The molecule has 0 radical (unpaired) electrons. The Balaban J connectivity index is 2.17.